The Balaban J connectivity index is 2.09. The first-order valence-electron chi connectivity index (χ1n) is 7.90. The molecule has 1 aliphatic heterocycles. The van der Waals surface area contributed by atoms with Crippen molar-refractivity contribution in [2.45, 2.75) is 59.2 Å². The number of rotatable bonds is 6. The number of anilines is 1. The summed E-state index contributed by atoms with van der Waals surface area (Å²) in [4.78, 5) is 8.58. The van der Waals surface area contributed by atoms with Crippen molar-refractivity contribution in [2.75, 3.05) is 25.1 Å². The van der Waals surface area contributed by atoms with Crippen LogP contribution in [0.1, 0.15) is 51.1 Å². The summed E-state index contributed by atoms with van der Waals surface area (Å²) in [5.41, 5.74) is 1.21. The summed E-state index contributed by atoms with van der Waals surface area (Å²) in [6.45, 7) is 12.6. The predicted octanol–water partition coefficient (Wildman–Crippen LogP) is 3.41. The molecule has 1 saturated heterocycles. The molecule has 0 spiro atoms. The van der Waals surface area contributed by atoms with Crippen LogP contribution in [-0.4, -0.2) is 30.7 Å². The minimum atomic E-state index is 0.120. The molecule has 1 unspecified atom stereocenters. The SMILES string of the molecule is CCC1CCN(c2nc(COC)c(CNC(C)(C)C)s2)C1. The van der Waals surface area contributed by atoms with E-state index in [2.05, 4.69) is 37.9 Å². The van der Waals surface area contributed by atoms with Gasteiger partial charge in [-0.15, -0.1) is 11.3 Å². The molecular formula is C16H29N3OS. The average molecular weight is 311 g/mol. The second-order valence-electron chi connectivity index (χ2n) is 6.91. The number of ether oxygens (including phenoxy) is 1. The Morgan fingerprint density at radius 1 is 1.43 bits per heavy atom. The molecule has 1 aromatic heterocycles. The molecule has 2 heterocycles. The molecule has 5 heteroatoms. The molecule has 1 N–H and O–H groups in total. The number of hydrogen-bond acceptors (Lipinski definition) is 5. The van der Waals surface area contributed by atoms with Gasteiger partial charge < -0.3 is 15.0 Å². The molecule has 0 amide bonds. The normalized spacial score (nSPS) is 19.5. The van der Waals surface area contributed by atoms with Crippen LogP contribution < -0.4 is 10.2 Å². The quantitative estimate of drug-likeness (QED) is 0.873. The van der Waals surface area contributed by atoms with E-state index in [1.165, 1.54) is 22.9 Å². The zero-order chi connectivity index (χ0) is 15.5. The fourth-order valence-corrected chi connectivity index (χ4v) is 3.62. The van der Waals surface area contributed by atoms with Crippen molar-refractivity contribution in [3.63, 3.8) is 0 Å². The Hall–Kier alpha value is -0.650. The number of nitrogens with one attached hydrogen (secondary N) is 1. The first kappa shape index (κ1) is 16.7. The number of thiazole rings is 1. The molecule has 120 valence electrons. The maximum atomic E-state index is 5.32. The lowest BCUT2D eigenvalue weighted by atomic mass is 10.1. The van der Waals surface area contributed by atoms with E-state index in [0.29, 0.717) is 6.61 Å². The summed E-state index contributed by atoms with van der Waals surface area (Å²) in [5, 5.41) is 4.73. The Labute approximate surface area is 132 Å². The molecule has 0 aromatic carbocycles. The first-order chi connectivity index (χ1) is 9.93. The minimum Gasteiger partial charge on any atom is -0.378 e. The van der Waals surface area contributed by atoms with Crippen molar-refractivity contribution in [1.29, 1.82) is 0 Å². The van der Waals surface area contributed by atoms with Crippen LogP contribution in [0.5, 0.6) is 0 Å². The van der Waals surface area contributed by atoms with Crippen LogP contribution in [0.15, 0.2) is 0 Å². The van der Waals surface area contributed by atoms with E-state index in [1.807, 2.05) is 11.3 Å². The highest BCUT2D eigenvalue weighted by Gasteiger charge is 2.25. The molecule has 0 aliphatic carbocycles. The van der Waals surface area contributed by atoms with Crippen molar-refractivity contribution in [2.24, 2.45) is 5.92 Å². The van der Waals surface area contributed by atoms with Crippen molar-refractivity contribution in [3.8, 4) is 0 Å². The van der Waals surface area contributed by atoms with E-state index in [9.17, 15) is 0 Å². The second kappa shape index (κ2) is 7.07. The largest absolute Gasteiger partial charge is 0.378 e. The van der Waals surface area contributed by atoms with E-state index in [-0.39, 0.29) is 5.54 Å². The lowest BCUT2D eigenvalue weighted by Crippen LogP contribution is -2.35. The lowest BCUT2D eigenvalue weighted by Gasteiger charge is -2.20. The summed E-state index contributed by atoms with van der Waals surface area (Å²) >= 11 is 1.82. The first-order valence-corrected chi connectivity index (χ1v) is 8.72. The van der Waals surface area contributed by atoms with Crippen LogP contribution in [0.4, 0.5) is 5.13 Å². The van der Waals surface area contributed by atoms with Gasteiger partial charge in [-0.1, -0.05) is 13.3 Å². The number of methoxy groups -OCH3 is 1. The molecule has 1 fully saturated rings. The van der Waals surface area contributed by atoms with E-state index < -0.39 is 0 Å². The molecule has 0 saturated carbocycles. The van der Waals surface area contributed by atoms with Gasteiger partial charge in [-0.2, -0.15) is 0 Å². The Morgan fingerprint density at radius 2 is 2.19 bits per heavy atom. The smallest absolute Gasteiger partial charge is 0.185 e. The van der Waals surface area contributed by atoms with E-state index in [4.69, 9.17) is 9.72 Å². The minimum absolute atomic E-state index is 0.120. The zero-order valence-corrected chi connectivity index (χ0v) is 14.8. The topological polar surface area (TPSA) is 37.4 Å². The maximum absolute atomic E-state index is 5.32. The van der Waals surface area contributed by atoms with Crippen molar-refractivity contribution in [3.05, 3.63) is 10.6 Å². The number of hydrogen-bond donors (Lipinski definition) is 1. The fourth-order valence-electron chi connectivity index (χ4n) is 2.58. The molecule has 1 atom stereocenters. The van der Waals surface area contributed by atoms with E-state index in [1.54, 1.807) is 7.11 Å². The highest BCUT2D eigenvalue weighted by Crippen LogP contribution is 2.32. The van der Waals surface area contributed by atoms with Gasteiger partial charge in [0, 0.05) is 37.2 Å². The highest BCUT2D eigenvalue weighted by atomic mass is 32.1. The molecule has 1 aromatic rings. The van der Waals surface area contributed by atoms with Crippen LogP contribution in [-0.2, 0) is 17.9 Å². The molecule has 2 rings (SSSR count). The molecule has 21 heavy (non-hydrogen) atoms. The Kier molecular flexibility index (Phi) is 5.63. The van der Waals surface area contributed by atoms with Gasteiger partial charge in [0.15, 0.2) is 5.13 Å². The van der Waals surface area contributed by atoms with E-state index >= 15 is 0 Å². The third kappa shape index (κ3) is 4.66. The third-order valence-corrected chi connectivity index (χ3v) is 5.12. The Morgan fingerprint density at radius 3 is 2.76 bits per heavy atom. The molecule has 0 bridgehead atoms. The van der Waals surface area contributed by atoms with Gasteiger partial charge in [0.2, 0.25) is 0 Å². The maximum Gasteiger partial charge on any atom is 0.185 e. The molecule has 1 aliphatic rings. The summed E-state index contributed by atoms with van der Waals surface area (Å²) < 4.78 is 5.32. The van der Waals surface area contributed by atoms with Crippen LogP contribution in [0.25, 0.3) is 0 Å². The lowest BCUT2D eigenvalue weighted by molar-refractivity contribution is 0.181. The average Bonchev–Trinajstić information content (AvgIpc) is 3.02. The van der Waals surface area contributed by atoms with Crippen LogP contribution >= 0.6 is 11.3 Å². The molecule has 4 nitrogen and oxygen atoms in total. The van der Waals surface area contributed by atoms with Crippen molar-refractivity contribution in [1.82, 2.24) is 10.3 Å². The standard InChI is InChI=1S/C16H29N3OS/c1-6-12-7-8-19(10-12)15-18-13(11-20-5)14(21-15)9-17-16(2,3)4/h12,17H,6-11H2,1-5H3. The van der Waals surface area contributed by atoms with Crippen LogP contribution in [0.2, 0.25) is 0 Å². The van der Waals surface area contributed by atoms with E-state index in [0.717, 1.165) is 31.2 Å². The third-order valence-electron chi connectivity index (χ3n) is 3.96. The van der Waals surface area contributed by atoms with Crippen molar-refractivity contribution >= 4 is 16.5 Å². The molecule has 0 radical (unpaired) electrons. The number of aromatic nitrogens is 1. The second-order valence-corrected chi connectivity index (χ2v) is 7.97. The van der Waals surface area contributed by atoms with Gasteiger partial charge in [0.05, 0.1) is 12.3 Å². The summed E-state index contributed by atoms with van der Waals surface area (Å²) in [5.74, 6) is 0.830. The van der Waals surface area contributed by atoms with Gasteiger partial charge in [-0.3, -0.25) is 0 Å². The molecular weight excluding hydrogens is 282 g/mol. The van der Waals surface area contributed by atoms with Crippen LogP contribution in [0, 0.1) is 5.92 Å². The van der Waals surface area contributed by atoms with Crippen molar-refractivity contribution < 1.29 is 4.74 Å². The zero-order valence-electron chi connectivity index (χ0n) is 14.0. The summed E-state index contributed by atoms with van der Waals surface area (Å²) in [7, 11) is 1.74. The predicted molar refractivity (Wildman–Crippen MR) is 90.0 cm³/mol. The monoisotopic (exact) mass is 311 g/mol. The van der Waals surface area contributed by atoms with Gasteiger partial charge in [0.25, 0.3) is 0 Å². The highest BCUT2D eigenvalue weighted by molar-refractivity contribution is 7.15. The summed E-state index contributed by atoms with van der Waals surface area (Å²) in [6, 6.07) is 0. The Bertz CT molecular complexity index is 453. The summed E-state index contributed by atoms with van der Waals surface area (Å²) in [6.07, 6.45) is 2.57. The van der Waals surface area contributed by atoms with Gasteiger partial charge >= 0.3 is 0 Å². The van der Waals surface area contributed by atoms with Gasteiger partial charge in [-0.05, 0) is 33.1 Å². The van der Waals surface area contributed by atoms with Crippen LogP contribution in [0.3, 0.4) is 0 Å². The van der Waals surface area contributed by atoms with Gasteiger partial charge in [-0.25, -0.2) is 4.98 Å². The fraction of sp³-hybridized carbons (Fsp3) is 0.812. The van der Waals surface area contributed by atoms with Gasteiger partial charge in [0.1, 0.15) is 0 Å². The number of nitrogens with zero attached hydrogens (tertiary/aromatic N) is 2.